The van der Waals surface area contributed by atoms with Gasteiger partial charge in [0.2, 0.25) is 5.91 Å². The average Bonchev–Trinajstić information content (AvgIpc) is 3.07. The summed E-state index contributed by atoms with van der Waals surface area (Å²) in [6, 6.07) is 18.1. The van der Waals surface area contributed by atoms with Gasteiger partial charge in [0.1, 0.15) is 11.7 Å². The fraction of sp³-hybridized carbons (Fsp3) is 0.208. The van der Waals surface area contributed by atoms with Crippen LogP contribution in [-0.2, 0) is 4.79 Å². The van der Waals surface area contributed by atoms with Gasteiger partial charge in [-0.3, -0.25) is 14.2 Å². The lowest BCUT2D eigenvalue weighted by molar-refractivity contribution is -0.118. The minimum absolute atomic E-state index is 0.232. The Kier molecular flexibility index (Phi) is 4.99. The molecule has 0 bridgehead atoms. The smallest absolute Gasteiger partial charge is 0.253 e. The lowest BCUT2D eigenvalue weighted by Crippen LogP contribution is -2.32. The summed E-state index contributed by atoms with van der Waals surface area (Å²) in [5, 5.41) is 8.52. The van der Waals surface area contributed by atoms with Crippen molar-refractivity contribution in [2.24, 2.45) is 0 Å². The summed E-state index contributed by atoms with van der Waals surface area (Å²) in [7, 11) is 0. The van der Waals surface area contributed by atoms with Crippen molar-refractivity contribution in [3.63, 3.8) is 0 Å². The van der Waals surface area contributed by atoms with Gasteiger partial charge in [-0.25, -0.2) is 4.68 Å². The molecule has 6 heteroatoms. The van der Waals surface area contributed by atoms with E-state index < -0.39 is 6.04 Å². The average molecular weight is 400 g/mol. The highest BCUT2D eigenvalue weighted by molar-refractivity contribution is 5.95. The minimum atomic E-state index is -0.723. The summed E-state index contributed by atoms with van der Waals surface area (Å²) in [5.74, 6) is -0.255. The normalized spacial score (nSPS) is 12.1. The largest absolute Gasteiger partial charge is 0.324 e. The first-order valence-electron chi connectivity index (χ1n) is 9.92. The van der Waals surface area contributed by atoms with E-state index in [1.165, 1.54) is 4.57 Å². The van der Waals surface area contributed by atoms with Gasteiger partial charge in [-0.05, 0) is 57.0 Å². The molecule has 152 valence electrons. The molecule has 1 atom stereocenters. The molecular weight excluding hydrogens is 376 g/mol. The molecule has 0 aliphatic heterocycles. The number of carbonyl (C=O) groups excluding carboxylic acids is 1. The Labute approximate surface area is 174 Å². The molecule has 4 aromatic rings. The number of anilines is 1. The van der Waals surface area contributed by atoms with Gasteiger partial charge in [-0.1, -0.05) is 36.4 Å². The molecule has 0 radical (unpaired) electrons. The lowest BCUT2D eigenvalue weighted by Gasteiger charge is -2.19. The highest BCUT2D eigenvalue weighted by Crippen LogP contribution is 2.26. The number of rotatable bonds is 4. The van der Waals surface area contributed by atoms with E-state index in [9.17, 15) is 9.59 Å². The molecule has 2 heterocycles. The van der Waals surface area contributed by atoms with Crippen molar-refractivity contribution >= 4 is 22.6 Å². The Bertz CT molecular complexity index is 1300. The molecular formula is C24H24N4O2. The van der Waals surface area contributed by atoms with Gasteiger partial charge in [-0.2, -0.15) is 5.10 Å². The molecule has 0 fully saturated rings. The van der Waals surface area contributed by atoms with Crippen molar-refractivity contribution in [1.29, 1.82) is 0 Å². The van der Waals surface area contributed by atoms with Crippen LogP contribution in [0, 0.1) is 20.8 Å². The molecule has 2 aromatic carbocycles. The summed E-state index contributed by atoms with van der Waals surface area (Å²) >= 11 is 0. The Morgan fingerprint density at radius 1 is 0.967 bits per heavy atom. The zero-order valence-corrected chi connectivity index (χ0v) is 17.5. The van der Waals surface area contributed by atoms with Crippen LogP contribution in [-0.4, -0.2) is 20.3 Å². The van der Waals surface area contributed by atoms with Gasteiger partial charge in [0.15, 0.2) is 0 Å². The van der Waals surface area contributed by atoms with Crippen molar-refractivity contribution in [3.8, 4) is 5.69 Å². The van der Waals surface area contributed by atoms with Crippen LogP contribution in [0.5, 0.6) is 0 Å². The van der Waals surface area contributed by atoms with Crippen LogP contribution >= 0.6 is 0 Å². The second-order valence-electron chi connectivity index (χ2n) is 7.55. The summed E-state index contributed by atoms with van der Waals surface area (Å²) in [6.45, 7) is 7.49. The fourth-order valence-electron chi connectivity index (χ4n) is 3.82. The van der Waals surface area contributed by atoms with Crippen molar-refractivity contribution in [1.82, 2.24) is 14.3 Å². The number of carbonyl (C=O) groups is 1. The Balaban J connectivity index is 1.89. The minimum Gasteiger partial charge on any atom is -0.324 e. The van der Waals surface area contributed by atoms with Crippen LogP contribution in [0.15, 0.2) is 65.5 Å². The van der Waals surface area contributed by atoms with Gasteiger partial charge in [-0.15, -0.1) is 0 Å². The molecule has 0 aliphatic rings. The van der Waals surface area contributed by atoms with E-state index in [4.69, 9.17) is 0 Å². The van der Waals surface area contributed by atoms with Gasteiger partial charge in [0.05, 0.1) is 11.4 Å². The van der Waals surface area contributed by atoms with E-state index >= 15 is 0 Å². The van der Waals surface area contributed by atoms with E-state index in [1.54, 1.807) is 17.7 Å². The van der Waals surface area contributed by atoms with E-state index in [-0.39, 0.29) is 11.5 Å². The van der Waals surface area contributed by atoms with Crippen molar-refractivity contribution < 1.29 is 4.79 Å². The molecule has 6 nitrogen and oxygen atoms in total. The highest BCUT2D eigenvalue weighted by atomic mass is 16.2. The van der Waals surface area contributed by atoms with Crippen LogP contribution in [0.4, 0.5) is 5.69 Å². The standard InChI is InChI=1S/C24H24N4O2/c1-15-10-8-9-13-20(15)25-23(30)18(4)27-21(29)14-16(2)22-17(3)26-28(24(22)27)19-11-6-5-7-12-19/h5-14,18H,1-4H3,(H,25,30). The number of para-hydroxylation sites is 2. The third kappa shape index (κ3) is 3.30. The SMILES string of the molecule is Cc1ccccc1NC(=O)C(C)n1c(=O)cc(C)c2c(C)nn(-c3ccccc3)c21. The van der Waals surface area contributed by atoms with Gasteiger partial charge < -0.3 is 5.32 Å². The number of aryl methyl sites for hydroxylation is 3. The Morgan fingerprint density at radius 3 is 2.33 bits per heavy atom. The molecule has 0 saturated heterocycles. The van der Waals surface area contributed by atoms with Crippen LogP contribution in [0.3, 0.4) is 0 Å². The van der Waals surface area contributed by atoms with Crippen molar-refractivity contribution in [2.45, 2.75) is 33.7 Å². The topological polar surface area (TPSA) is 68.9 Å². The van der Waals surface area contributed by atoms with E-state index in [0.29, 0.717) is 5.65 Å². The Hall–Kier alpha value is -3.67. The number of pyridine rings is 1. The van der Waals surface area contributed by atoms with Crippen LogP contribution in [0.25, 0.3) is 16.7 Å². The molecule has 30 heavy (non-hydrogen) atoms. The molecule has 1 N–H and O–H groups in total. The van der Waals surface area contributed by atoms with Gasteiger partial charge in [0, 0.05) is 17.1 Å². The number of aromatic nitrogens is 3. The van der Waals surface area contributed by atoms with Crippen LogP contribution in [0.1, 0.15) is 29.8 Å². The molecule has 0 saturated carbocycles. The quantitative estimate of drug-likeness (QED) is 0.555. The van der Waals surface area contributed by atoms with E-state index in [1.807, 2.05) is 75.4 Å². The fourth-order valence-corrected chi connectivity index (χ4v) is 3.82. The summed E-state index contributed by atoms with van der Waals surface area (Å²) in [4.78, 5) is 26.2. The number of nitrogens with zero attached hydrogens (tertiary/aromatic N) is 3. The van der Waals surface area contributed by atoms with E-state index in [2.05, 4.69) is 10.4 Å². The number of hydrogen-bond acceptors (Lipinski definition) is 3. The predicted molar refractivity (Wildman–Crippen MR) is 119 cm³/mol. The first kappa shape index (κ1) is 19.6. The predicted octanol–water partition coefficient (Wildman–Crippen LogP) is 4.31. The molecule has 2 aromatic heterocycles. The van der Waals surface area contributed by atoms with Gasteiger partial charge in [0.25, 0.3) is 5.56 Å². The number of benzene rings is 2. The monoisotopic (exact) mass is 400 g/mol. The van der Waals surface area contributed by atoms with Gasteiger partial charge >= 0.3 is 0 Å². The summed E-state index contributed by atoms with van der Waals surface area (Å²) in [6.07, 6.45) is 0. The molecule has 4 rings (SSSR count). The number of fused-ring (bicyclic) bond motifs is 1. The first-order valence-corrected chi connectivity index (χ1v) is 9.92. The molecule has 0 aliphatic carbocycles. The van der Waals surface area contributed by atoms with Crippen LogP contribution < -0.4 is 10.9 Å². The van der Waals surface area contributed by atoms with Crippen LogP contribution in [0.2, 0.25) is 0 Å². The number of amides is 1. The summed E-state index contributed by atoms with van der Waals surface area (Å²) < 4.78 is 3.28. The maximum absolute atomic E-state index is 13.1. The summed E-state index contributed by atoms with van der Waals surface area (Å²) in [5.41, 5.74) is 4.58. The first-order chi connectivity index (χ1) is 14.4. The highest BCUT2D eigenvalue weighted by Gasteiger charge is 2.24. The zero-order valence-electron chi connectivity index (χ0n) is 17.5. The maximum atomic E-state index is 13.1. The zero-order chi connectivity index (χ0) is 21.4. The van der Waals surface area contributed by atoms with Crippen molar-refractivity contribution in [3.05, 3.63) is 87.8 Å². The third-order valence-electron chi connectivity index (χ3n) is 5.41. The number of hydrogen-bond donors (Lipinski definition) is 1. The lowest BCUT2D eigenvalue weighted by atomic mass is 10.1. The molecule has 1 amide bonds. The second kappa shape index (κ2) is 7.63. The second-order valence-corrected chi connectivity index (χ2v) is 7.55. The van der Waals surface area contributed by atoms with Crippen molar-refractivity contribution in [2.75, 3.05) is 5.32 Å². The Morgan fingerprint density at radius 2 is 1.63 bits per heavy atom. The van der Waals surface area contributed by atoms with E-state index in [0.717, 1.165) is 33.6 Å². The molecule has 1 unspecified atom stereocenters. The maximum Gasteiger partial charge on any atom is 0.253 e. The molecule has 0 spiro atoms. The third-order valence-corrected chi connectivity index (χ3v) is 5.41. The number of nitrogens with one attached hydrogen (secondary N) is 1.